The van der Waals surface area contributed by atoms with Gasteiger partial charge in [0.25, 0.3) is 11.8 Å². The van der Waals surface area contributed by atoms with E-state index in [0.29, 0.717) is 17.0 Å². The molecule has 5 rings (SSSR count). The van der Waals surface area contributed by atoms with Crippen LogP contribution in [0.4, 0.5) is 5.69 Å². The van der Waals surface area contributed by atoms with Crippen molar-refractivity contribution in [2.75, 3.05) is 4.90 Å². The quantitative estimate of drug-likeness (QED) is 0.257. The van der Waals surface area contributed by atoms with Gasteiger partial charge in [0.05, 0.1) is 11.3 Å². The lowest BCUT2D eigenvalue weighted by Crippen LogP contribution is -2.54. The van der Waals surface area contributed by atoms with Crippen molar-refractivity contribution < 1.29 is 23.9 Å². The Morgan fingerprint density at radius 3 is 2.53 bits per heavy atom. The van der Waals surface area contributed by atoms with Crippen molar-refractivity contribution in [1.29, 1.82) is 0 Å². The Morgan fingerprint density at radius 2 is 1.74 bits per heavy atom. The zero-order chi connectivity index (χ0) is 23.8. The van der Waals surface area contributed by atoms with Gasteiger partial charge in [-0.3, -0.25) is 19.8 Å². The van der Waals surface area contributed by atoms with E-state index >= 15 is 0 Å². The summed E-state index contributed by atoms with van der Waals surface area (Å²) in [5.41, 5.74) is 1.07. The number of nitrogens with one attached hydrogen (secondary N) is 1. The Morgan fingerprint density at radius 1 is 0.941 bits per heavy atom. The Hall–Kier alpha value is -4.56. The first-order valence-electron chi connectivity index (χ1n) is 10.2. The summed E-state index contributed by atoms with van der Waals surface area (Å²) in [4.78, 5) is 38.4. The van der Waals surface area contributed by atoms with Gasteiger partial charge in [0.2, 0.25) is 0 Å². The number of furan rings is 1. The molecule has 1 aromatic heterocycles. The molecule has 0 unspecified atom stereocenters. The number of hydrogen-bond donors (Lipinski definition) is 2. The van der Waals surface area contributed by atoms with E-state index in [4.69, 9.17) is 16.6 Å². The number of amides is 2. The smallest absolute Gasteiger partial charge is 0.335 e. The lowest BCUT2D eigenvalue weighted by Gasteiger charge is -2.29. The monoisotopic (exact) mass is 468 g/mol. The van der Waals surface area contributed by atoms with Crippen LogP contribution in [-0.2, 0) is 9.59 Å². The molecule has 34 heavy (non-hydrogen) atoms. The fraction of sp³-hybridized carbons (Fsp3) is 0. The van der Waals surface area contributed by atoms with E-state index in [-0.39, 0.29) is 22.0 Å². The number of carboxylic acid groups (broad SMARTS) is 1. The maximum absolute atomic E-state index is 13.3. The highest BCUT2D eigenvalue weighted by molar-refractivity contribution is 7.80. The minimum atomic E-state index is -1.05. The number of nitrogens with zero attached hydrogens (tertiary/aromatic N) is 1. The number of carbonyl (C=O) groups excluding carboxylic acids is 2. The molecule has 2 N–H and O–H groups in total. The van der Waals surface area contributed by atoms with Gasteiger partial charge in [-0.25, -0.2) is 4.79 Å². The van der Waals surface area contributed by atoms with Crippen LogP contribution >= 0.6 is 12.2 Å². The van der Waals surface area contributed by atoms with Crippen molar-refractivity contribution in [3.8, 4) is 11.3 Å². The summed E-state index contributed by atoms with van der Waals surface area (Å²) < 4.78 is 5.78. The molecular weight excluding hydrogens is 452 g/mol. The van der Waals surface area contributed by atoms with Gasteiger partial charge in [-0.15, -0.1) is 0 Å². The Balaban J connectivity index is 1.48. The van der Waals surface area contributed by atoms with Gasteiger partial charge in [-0.2, -0.15) is 0 Å². The number of aromatic carboxylic acids is 1. The van der Waals surface area contributed by atoms with Crippen molar-refractivity contribution in [1.82, 2.24) is 5.32 Å². The van der Waals surface area contributed by atoms with Crippen LogP contribution in [0.5, 0.6) is 0 Å². The predicted octanol–water partition coefficient (Wildman–Crippen LogP) is 4.63. The zero-order valence-electron chi connectivity index (χ0n) is 17.5. The van der Waals surface area contributed by atoms with E-state index < -0.39 is 17.8 Å². The molecule has 4 aromatic rings. The number of carboxylic acids is 1. The number of thiocarbonyl (C=S) groups is 1. The predicted molar refractivity (Wildman–Crippen MR) is 131 cm³/mol. The third-order valence-corrected chi connectivity index (χ3v) is 5.68. The van der Waals surface area contributed by atoms with Gasteiger partial charge in [-0.1, -0.05) is 42.5 Å². The van der Waals surface area contributed by atoms with E-state index in [2.05, 4.69) is 5.32 Å². The molecule has 0 saturated carbocycles. The highest BCUT2D eigenvalue weighted by atomic mass is 32.1. The second kappa shape index (κ2) is 8.42. The number of fused-ring (bicyclic) bond motifs is 1. The van der Waals surface area contributed by atoms with Gasteiger partial charge in [0, 0.05) is 5.56 Å². The Bertz CT molecular complexity index is 1530. The van der Waals surface area contributed by atoms with Crippen LogP contribution in [0.3, 0.4) is 0 Å². The van der Waals surface area contributed by atoms with Crippen LogP contribution in [0, 0.1) is 0 Å². The SMILES string of the molecule is O=C1NC(=S)N(c2ccc3ccccc3c2)C(=O)/C1=C/c1ccc(-c2cccc(C(=O)O)c2)o1. The molecule has 0 spiro atoms. The van der Waals surface area contributed by atoms with Crippen LogP contribution in [0.2, 0.25) is 0 Å². The molecule has 7 nitrogen and oxygen atoms in total. The van der Waals surface area contributed by atoms with Crippen LogP contribution in [0.1, 0.15) is 16.1 Å². The molecule has 2 amide bonds. The summed E-state index contributed by atoms with van der Waals surface area (Å²) in [6.07, 6.45) is 1.35. The summed E-state index contributed by atoms with van der Waals surface area (Å²) in [5, 5.41) is 13.7. The fourth-order valence-electron chi connectivity index (χ4n) is 3.74. The van der Waals surface area contributed by atoms with Crippen LogP contribution < -0.4 is 10.2 Å². The average molecular weight is 468 g/mol. The van der Waals surface area contributed by atoms with E-state index in [1.165, 1.54) is 23.1 Å². The number of carbonyl (C=O) groups is 3. The molecular formula is C26H16N2O5S. The van der Waals surface area contributed by atoms with E-state index in [1.807, 2.05) is 36.4 Å². The maximum Gasteiger partial charge on any atom is 0.335 e. The molecule has 2 heterocycles. The second-order valence-electron chi connectivity index (χ2n) is 7.58. The minimum absolute atomic E-state index is 0.00643. The van der Waals surface area contributed by atoms with Gasteiger partial charge in [-0.05, 0) is 65.5 Å². The molecule has 1 saturated heterocycles. The highest BCUT2D eigenvalue weighted by Crippen LogP contribution is 2.28. The molecule has 1 aliphatic rings. The topological polar surface area (TPSA) is 99.9 Å². The molecule has 3 aromatic carbocycles. The van der Waals surface area contributed by atoms with Crippen LogP contribution in [0.25, 0.3) is 28.2 Å². The number of rotatable bonds is 4. The summed E-state index contributed by atoms with van der Waals surface area (Å²) in [5.74, 6) is -1.58. The summed E-state index contributed by atoms with van der Waals surface area (Å²) in [6, 6.07) is 22.7. The first-order chi connectivity index (χ1) is 16.4. The van der Waals surface area contributed by atoms with Crippen molar-refractivity contribution >= 4 is 57.6 Å². The van der Waals surface area contributed by atoms with Gasteiger partial charge in [0.1, 0.15) is 17.1 Å². The number of hydrogen-bond acceptors (Lipinski definition) is 5. The van der Waals surface area contributed by atoms with Crippen LogP contribution in [0.15, 0.2) is 88.9 Å². The number of benzene rings is 3. The fourth-order valence-corrected chi connectivity index (χ4v) is 4.02. The van der Waals surface area contributed by atoms with Gasteiger partial charge < -0.3 is 9.52 Å². The number of anilines is 1. The molecule has 0 aliphatic carbocycles. The third kappa shape index (κ3) is 3.87. The van der Waals surface area contributed by atoms with E-state index in [0.717, 1.165) is 10.8 Å². The lowest BCUT2D eigenvalue weighted by atomic mass is 10.1. The standard InChI is InChI=1S/C26H16N2O5S/c29-23-21(14-20-10-11-22(33-20)17-6-3-7-18(12-17)25(31)32)24(30)28(26(34)27-23)19-9-8-15-4-1-2-5-16(15)13-19/h1-14H,(H,31,32)(H,27,29,34)/b21-14+. The second-order valence-corrected chi connectivity index (χ2v) is 7.96. The first kappa shape index (κ1) is 21.3. The Labute approximate surface area is 198 Å². The van der Waals surface area contributed by atoms with Crippen molar-refractivity contribution in [2.45, 2.75) is 0 Å². The zero-order valence-corrected chi connectivity index (χ0v) is 18.3. The Kier molecular flexibility index (Phi) is 5.27. The van der Waals surface area contributed by atoms with Crippen LogP contribution in [-0.4, -0.2) is 28.0 Å². The van der Waals surface area contributed by atoms with Gasteiger partial charge in [0.15, 0.2) is 5.11 Å². The largest absolute Gasteiger partial charge is 0.478 e. The van der Waals surface area contributed by atoms with Gasteiger partial charge >= 0.3 is 5.97 Å². The van der Waals surface area contributed by atoms with E-state index in [1.54, 1.807) is 30.3 Å². The molecule has 0 atom stereocenters. The lowest BCUT2D eigenvalue weighted by molar-refractivity contribution is -0.122. The highest BCUT2D eigenvalue weighted by Gasteiger charge is 2.34. The van der Waals surface area contributed by atoms with Crippen molar-refractivity contribution in [3.05, 3.63) is 95.8 Å². The first-order valence-corrected chi connectivity index (χ1v) is 10.7. The summed E-state index contributed by atoms with van der Waals surface area (Å²) in [7, 11) is 0. The van der Waals surface area contributed by atoms with Crippen molar-refractivity contribution in [2.24, 2.45) is 0 Å². The normalized spacial score (nSPS) is 15.1. The van der Waals surface area contributed by atoms with E-state index in [9.17, 15) is 19.5 Å². The molecule has 1 aliphatic heterocycles. The molecule has 0 bridgehead atoms. The molecule has 166 valence electrons. The third-order valence-electron chi connectivity index (χ3n) is 5.40. The minimum Gasteiger partial charge on any atom is -0.478 e. The molecule has 1 fully saturated rings. The maximum atomic E-state index is 13.3. The summed E-state index contributed by atoms with van der Waals surface area (Å²) >= 11 is 5.28. The summed E-state index contributed by atoms with van der Waals surface area (Å²) in [6.45, 7) is 0. The average Bonchev–Trinajstić information content (AvgIpc) is 3.30. The van der Waals surface area contributed by atoms with Crippen molar-refractivity contribution in [3.63, 3.8) is 0 Å². The molecule has 0 radical (unpaired) electrons. The molecule has 8 heteroatoms.